The first kappa shape index (κ1) is 22.6. The second-order valence-electron chi connectivity index (χ2n) is 7.43. The van der Waals surface area contributed by atoms with Crippen LogP contribution in [-0.4, -0.2) is 49.8 Å². The molecule has 3 nitrogen and oxygen atoms in total. The van der Waals surface area contributed by atoms with Gasteiger partial charge in [0, 0.05) is 32.1 Å². The summed E-state index contributed by atoms with van der Waals surface area (Å²) in [4.78, 5) is 2.51. The molecule has 2 unspecified atom stereocenters. The summed E-state index contributed by atoms with van der Waals surface area (Å²) in [6.45, 7) is 13.6. The molecule has 0 amide bonds. The van der Waals surface area contributed by atoms with Gasteiger partial charge >= 0.3 is 0 Å². The Morgan fingerprint density at radius 2 is 1.36 bits per heavy atom. The number of hydrogen-bond acceptors (Lipinski definition) is 3. The molecule has 0 spiro atoms. The number of hydrogen-bond donors (Lipinski definition) is 1. The SMILES string of the molecule is CC.CC1CN(CCNCCC(c2ccccc2)c2ccccc2)CC(C)O1. The predicted molar refractivity (Wildman–Crippen MR) is 120 cm³/mol. The molecule has 1 saturated heterocycles. The van der Waals surface area contributed by atoms with E-state index in [1.165, 1.54) is 11.1 Å². The molecule has 1 aliphatic rings. The zero-order chi connectivity index (χ0) is 20.2. The molecule has 154 valence electrons. The summed E-state index contributed by atoms with van der Waals surface area (Å²) in [7, 11) is 0. The Bertz CT molecular complexity index is 582. The van der Waals surface area contributed by atoms with E-state index < -0.39 is 0 Å². The molecule has 2 aromatic carbocycles. The van der Waals surface area contributed by atoms with Gasteiger partial charge in [-0.25, -0.2) is 0 Å². The second kappa shape index (κ2) is 12.7. The highest BCUT2D eigenvalue weighted by Crippen LogP contribution is 2.27. The van der Waals surface area contributed by atoms with Crippen LogP contribution in [0.3, 0.4) is 0 Å². The lowest BCUT2D eigenvalue weighted by atomic mass is 9.88. The van der Waals surface area contributed by atoms with Crippen LogP contribution in [0.2, 0.25) is 0 Å². The van der Waals surface area contributed by atoms with Crippen molar-refractivity contribution in [1.29, 1.82) is 0 Å². The fraction of sp³-hybridized carbons (Fsp3) is 0.520. The van der Waals surface area contributed by atoms with Gasteiger partial charge in [0.25, 0.3) is 0 Å². The van der Waals surface area contributed by atoms with Gasteiger partial charge in [-0.2, -0.15) is 0 Å². The van der Waals surface area contributed by atoms with Gasteiger partial charge in [-0.15, -0.1) is 0 Å². The number of morpholine rings is 1. The van der Waals surface area contributed by atoms with Crippen molar-refractivity contribution in [3.63, 3.8) is 0 Å². The summed E-state index contributed by atoms with van der Waals surface area (Å²) in [5.41, 5.74) is 2.80. The molecule has 0 bridgehead atoms. The molecule has 0 radical (unpaired) electrons. The Balaban J connectivity index is 0.00000136. The quantitative estimate of drug-likeness (QED) is 0.655. The fourth-order valence-corrected chi connectivity index (χ4v) is 3.97. The molecule has 2 aromatic rings. The fourth-order valence-electron chi connectivity index (χ4n) is 3.97. The third-order valence-corrected chi connectivity index (χ3v) is 5.11. The molecule has 0 saturated carbocycles. The molecule has 1 N–H and O–H groups in total. The highest BCUT2D eigenvalue weighted by atomic mass is 16.5. The summed E-state index contributed by atoms with van der Waals surface area (Å²) in [6.07, 6.45) is 1.81. The minimum absolute atomic E-state index is 0.347. The van der Waals surface area contributed by atoms with Gasteiger partial charge in [0.15, 0.2) is 0 Å². The van der Waals surface area contributed by atoms with Crippen molar-refractivity contribution < 1.29 is 4.74 Å². The first-order valence-electron chi connectivity index (χ1n) is 10.9. The van der Waals surface area contributed by atoms with E-state index in [0.29, 0.717) is 18.1 Å². The van der Waals surface area contributed by atoms with Crippen LogP contribution in [0.1, 0.15) is 51.2 Å². The Morgan fingerprint density at radius 1 is 0.857 bits per heavy atom. The lowest BCUT2D eigenvalue weighted by molar-refractivity contribution is -0.0674. The van der Waals surface area contributed by atoms with Gasteiger partial charge in [0.05, 0.1) is 12.2 Å². The lowest BCUT2D eigenvalue weighted by Gasteiger charge is -2.35. The molecule has 1 heterocycles. The Labute approximate surface area is 172 Å². The third kappa shape index (κ3) is 7.38. The number of benzene rings is 2. The smallest absolute Gasteiger partial charge is 0.0678 e. The molecule has 3 heteroatoms. The largest absolute Gasteiger partial charge is 0.373 e. The highest BCUT2D eigenvalue weighted by molar-refractivity contribution is 5.32. The van der Waals surface area contributed by atoms with Crippen molar-refractivity contribution in [3.05, 3.63) is 71.8 Å². The second-order valence-corrected chi connectivity index (χ2v) is 7.43. The van der Waals surface area contributed by atoms with Gasteiger partial charge in [-0.05, 0) is 37.9 Å². The molecule has 1 fully saturated rings. The summed E-state index contributed by atoms with van der Waals surface area (Å²) < 4.78 is 5.81. The van der Waals surface area contributed by atoms with Crippen molar-refractivity contribution >= 4 is 0 Å². The molecule has 2 atom stereocenters. The van der Waals surface area contributed by atoms with Gasteiger partial charge in [-0.1, -0.05) is 74.5 Å². The monoisotopic (exact) mass is 382 g/mol. The number of rotatable bonds is 8. The van der Waals surface area contributed by atoms with Gasteiger partial charge in [-0.3, -0.25) is 4.90 Å². The molecule has 1 aliphatic heterocycles. The summed E-state index contributed by atoms with van der Waals surface area (Å²) in [6, 6.07) is 21.7. The van der Waals surface area contributed by atoms with Crippen LogP contribution in [-0.2, 0) is 4.74 Å². The van der Waals surface area contributed by atoms with E-state index in [1.54, 1.807) is 0 Å². The first-order chi connectivity index (χ1) is 13.7. The minimum atomic E-state index is 0.347. The van der Waals surface area contributed by atoms with E-state index in [2.05, 4.69) is 84.7 Å². The maximum absolute atomic E-state index is 5.81. The van der Waals surface area contributed by atoms with E-state index in [1.807, 2.05) is 13.8 Å². The van der Waals surface area contributed by atoms with Crippen molar-refractivity contribution in [2.45, 2.75) is 52.2 Å². The topological polar surface area (TPSA) is 24.5 Å². The molecular weight excluding hydrogens is 344 g/mol. The summed E-state index contributed by atoms with van der Waals surface area (Å²) >= 11 is 0. The predicted octanol–water partition coefficient (Wildman–Crippen LogP) is 4.93. The average molecular weight is 383 g/mol. The van der Waals surface area contributed by atoms with Crippen LogP contribution in [0, 0.1) is 0 Å². The zero-order valence-electron chi connectivity index (χ0n) is 18.1. The Kier molecular flexibility index (Phi) is 10.3. The molecule has 28 heavy (non-hydrogen) atoms. The molecule has 0 aromatic heterocycles. The molecule has 3 rings (SSSR count). The number of nitrogens with one attached hydrogen (secondary N) is 1. The molecular formula is C25H38N2O. The standard InChI is InChI=1S/C23H32N2O.C2H6/c1-19-17-25(18-20(2)26-19)16-15-24-14-13-23(21-9-5-3-6-10-21)22-11-7-4-8-12-22;1-2/h3-12,19-20,23-24H,13-18H2,1-2H3;1-2H3. The third-order valence-electron chi connectivity index (χ3n) is 5.11. The maximum Gasteiger partial charge on any atom is 0.0678 e. The van der Waals surface area contributed by atoms with E-state index >= 15 is 0 Å². The van der Waals surface area contributed by atoms with Crippen LogP contribution in [0.4, 0.5) is 0 Å². The Hall–Kier alpha value is -1.68. The number of ether oxygens (including phenoxy) is 1. The van der Waals surface area contributed by atoms with Gasteiger partial charge in [0.1, 0.15) is 0 Å². The van der Waals surface area contributed by atoms with Crippen LogP contribution < -0.4 is 5.32 Å². The van der Waals surface area contributed by atoms with E-state index in [4.69, 9.17) is 4.74 Å². The van der Waals surface area contributed by atoms with Crippen LogP contribution in [0.15, 0.2) is 60.7 Å². The minimum Gasteiger partial charge on any atom is -0.373 e. The van der Waals surface area contributed by atoms with Crippen LogP contribution in [0.25, 0.3) is 0 Å². The van der Waals surface area contributed by atoms with Crippen LogP contribution in [0.5, 0.6) is 0 Å². The van der Waals surface area contributed by atoms with Crippen LogP contribution >= 0.6 is 0 Å². The first-order valence-corrected chi connectivity index (χ1v) is 10.9. The normalized spacial score (nSPS) is 19.9. The van der Waals surface area contributed by atoms with Crippen molar-refractivity contribution in [1.82, 2.24) is 10.2 Å². The summed E-state index contributed by atoms with van der Waals surface area (Å²) in [5, 5.41) is 3.65. The molecule has 0 aliphatic carbocycles. The van der Waals surface area contributed by atoms with Crippen molar-refractivity contribution in [3.8, 4) is 0 Å². The van der Waals surface area contributed by atoms with E-state index in [-0.39, 0.29) is 0 Å². The van der Waals surface area contributed by atoms with E-state index in [0.717, 1.165) is 39.1 Å². The summed E-state index contributed by atoms with van der Waals surface area (Å²) in [5.74, 6) is 0.452. The lowest BCUT2D eigenvalue weighted by Crippen LogP contribution is -2.47. The Morgan fingerprint density at radius 3 is 1.86 bits per heavy atom. The van der Waals surface area contributed by atoms with Gasteiger partial charge < -0.3 is 10.1 Å². The van der Waals surface area contributed by atoms with Crippen molar-refractivity contribution in [2.24, 2.45) is 0 Å². The average Bonchev–Trinajstić information content (AvgIpc) is 2.73. The van der Waals surface area contributed by atoms with Crippen molar-refractivity contribution in [2.75, 3.05) is 32.7 Å². The maximum atomic E-state index is 5.81. The zero-order valence-corrected chi connectivity index (χ0v) is 18.1. The number of nitrogens with zero attached hydrogens (tertiary/aromatic N) is 1. The van der Waals surface area contributed by atoms with Gasteiger partial charge in [0.2, 0.25) is 0 Å². The highest BCUT2D eigenvalue weighted by Gasteiger charge is 2.21. The van der Waals surface area contributed by atoms with E-state index in [9.17, 15) is 0 Å².